The van der Waals surface area contributed by atoms with E-state index in [0.29, 0.717) is 5.75 Å². The second kappa shape index (κ2) is 12.0. The molecule has 0 aliphatic rings. The number of methoxy groups -OCH3 is 1. The van der Waals surface area contributed by atoms with E-state index in [-0.39, 0.29) is 12.5 Å². The van der Waals surface area contributed by atoms with Crippen molar-refractivity contribution in [1.29, 1.82) is 0 Å². The fourth-order valence-corrected chi connectivity index (χ4v) is 4.04. The molecule has 0 radical (unpaired) electrons. The van der Waals surface area contributed by atoms with E-state index >= 15 is 0 Å². The molecule has 0 aliphatic heterocycles. The molecule has 0 atom stereocenters. The number of aromatic amines is 2. The third-order valence-electron chi connectivity index (χ3n) is 5.65. The van der Waals surface area contributed by atoms with Gasteiger partial charge in [0.2, 0.25) is 17.8 Å². The number of hydrogen-bond donors (Lipinski definition) is 3. The zero-order valence-corrected chi connectivity index (χ0v) is 22.5. The molecule has 0 saturated heterocycles. The minimum Gasteiger partial charge on any atom is -0.495 e. The summed E-state index contributed by atoms with van der Waals surface area (Å²) >= 11 is 0. The Hall–Kier alpha value is -3.37. The topological polar surface area (TPSA) is 109 Å². The molecule has 0 bridgehead atoms. The van der Waals surface area contributed by atoms with Crippen LogP contribution in [0.1, 0.15) is 32.8 Å². The van der Waals surface area contributed by atoms with E-state index in [2.05, 4.69) is 37.5 Å². The molecule has 36 heavy (non-hydrogen) atoms. The number of ether oxygens (including phenoxy) is 2. The van der Waals surface area contributed by atoms with Crippen LogP contribution in [0.3, 0.4) is 0 Å². The smallest absolute Gasteiger partial charge is 0.326 e. The second-order valence-electron chi connectivity index (χ2n) is 9.96. The number of hydrogen-bond acceptors (Lipinski definition) is 8. The van der Waals surface area contributed by atoms with E-state index in [4.69, 9.17) is 9.47 Å². The van der Waals surface area contributed by atoms with Crippen LogP contribution in [-0.2, 0) is 16.1 Å². The third-order valence-corrected chi connectivity index (χ3v) is 5.65. The summed E-state index contributed by atoms with van der Waals surface area (Å²) in [6, 6.07) is 5.76. The van der Waals surface area contributed by atoms with Crippen LogP contribution in [0.4, 0.5) is 17.2 Å². The first-order chi connectivity index (χ1) is 17.1. The SMILES string of the molecule is CNCCCN(C)Cc1c[nH]c2[nH+]cnc(Nc3ccc(OC)c(N(C)CC(=O)OC(C)(C)C)c3)c12. The second-order valence-corrected chi connectivity index (χ2v) is 9.96. The zero-order valence-electron chi connectivity index (χ0n) is 22.5. The minimum absolute atomic E-state index is 0.0989. The van der Waals surface area contributed by atoms with Gasteiger partial charge in [0.1, 0.15) is 23.3 Å². The van der Waals surface area contributed by atoms with Crippen molar-refractivity contribution in [2.24, 2.45) is 0 Å². The van der Waals surface area contributed by atoms with Crippen molar-refractivity contribution < 1.29 is 19.3 Å². The molecule has 0 unspecified atom stereocenters. The summed E-state index contributed by atoms with van der Waals surface area (Å²) in [4.78, 5) is 27.6. The molecule has 10 nitrogen and oxygen atoms in total. The lowest BCUT2D eigenvalue weighted by Crippen LogP contribution is -2.32. The van der Waals surface area contributed by atoms with E-state index < -0.39 is 5.60 Å². The number of benzene rings is 1. The molecule has 1 aromatic carbocycles. The largest absolute Gasteiger partial charge is 0.495 e. The van der Waals surface area contributed by atoms with E-state index in [0.717, 1.165) is 59.8 Å². The fourth-order valence-electron chi connectivity index (χ4n) is 4.04. The molecule has 10 heteroatoms. The van der Waals surface area contributed by atoms with Crippen molar-refractivity contribution in [2.75, 3.05) is 58.1 Å². The Kier molecular flexibility index (Phi) is 9.11. The van der Waals surface area contributed by atoms with Crippen LogP contribution in [0.15, 0.2) is 30.7 Å². The highest BCUT2D eigenvalue weighted by atomic mass is 16.6. The number of fused-ring (bicyclic) bond motifs is 1. The average Bonchev–Trinajstić information content (AvgIpc) is 3.21. The lowest BCUT2D eigenvalue weighted by atomic mass is 10.2. The summed E-state index contributed by atoms with van der Waals surface area (Å²) in [5, 5.41) is 7.66. The maximum Gasteiger partial charge on any atom is 0.326 e. The van der Waals surface area contributed by atoms with Gasteiger partial charge in [-0.2, -0.15) is 0 Å². The number of aromatic nitrogens is 3. The van der Waals surface area contributed by atoms with Crippen LogP contribution in [0.25, 0.3) is 11.0 Å². The number of anilines is 3. The van der Waals surface area contributed by atoms with E-state index in [1.54, 1.807) is 13.4 Å². The first kappa shape index (κ1) is 27.2. The van der Waals surface area contributed by atoms with E-state index in [1.165, 1.54) is 0 Å². The normalized spacial score (nSPS) is 11.7. The van der Waals surface area contributed by atoms with Gasteiger partial charge in [-0.1, -0.05) is 4.98 Å². The standard InChI is InChI=1S/C26H39N7O3/c1-26(2,3)36-22(34)16-33(6)20-13-19(9-10-21(20)35-7)31-25-23-18(14-28-24(23)29-17-30-25)15-32(5)12-8-11-27-4/h9-10,13-14,17,27H,8,11-12,15-16H2,1-7H3,(H2,28,29,30,31)/p+1. The maximum absolute atomic E-state index is 12.4. The molecule has 3 rings (SSSR count). The average molecular weight is 499 g/mol. The van der Waals surface area contributed by atoms with Crippen LogP contribution >= 0.6 is 0 Å². The van der Waals surface area contributed by atoms with Crippen LogP contribution < -0.4 is 25.3 Å². The molecule has 196 valence electrons. The number of rotatable bonds is 12. The summed E-state index contributed by atoms with van der Waals surface area (Å²) in [5.74, 6) is 1.11. The molecule has 3 aromatic rings. The van der Waals surface area contributed by atoms with Gasteiger partial charge in [-0.05, 0) is 72.6 Å². The summed E-state index contributed by atoms with van der Waals surface area (Å²) < 4.78 is 11.0. The molecule has 0 spiro atoms. The number of nitrogens with one attached hydrogen (secondary N) is 4. The quantitative estimate of drug-likeness (QED) is 0.258. The summed E-state index contributed by atoms with van der Waals surface area (Å²) in [6.45, 7) is 8.45. The van der Waals surface area contributed by atoms with Crippen LogP contribution in [-0.4, -0.2) is 74.3 Å². The Morgan fingerprint density at radius 3 is 2.72 bits per heavy atom. The molecule has 0 saturated carbocycles. The van der Waals surface area contributed by atoms with Crippen molar-refractivity contribution in [3.8, 4) is 5.75 Å². The molecular weight excluding hydrogens is 458 g/mol. The summed E-state index contributed by atoms with van der Waals surface area (Å²) in [6.07, 6.45) is 4.77. The molecule has 0 amide bonds. The van der Waals surface area contributed by atoms with Crippen molar-refractivity contribution >= 4 is 34.2 Å². The number of H-pyrrole nitrogens is 2. The zero-order chi connectivity index (χ0) is 26.3. The lowest BCUT2D eigenvalue weighted by Gasteiger charge is -2.25. The third kappa shape index (κ3) is 7.32. The van der Waals surface area contributed by atoms with E-state index in [9.17, 15) is 4.79 Å². The molecule has 0 fully saturated rings. The van der Waals surface area contributed by atoms with Crippen LogP contribution in [0.5, 0.6) is 5.75 Å². The van der Waals surface area contributed by atoms with Crippen molar-refractivity contribution in [3.05, 3.63) is 36.3 Å². The van der Waals surface area contributed by atoms with Gasteiger partial charge < -0.3 is 29.9 Å². The van der Waals surface area contributed by atoms with E-state index in [1.807, 2.05) is 64.2 Å². The molecule has 2 heterocycles. The monoisotopic (exact) mass is 498 g/mol. The Bertz CT molecular complexity index is 1160. The van der Waals surface area contributed by atoms with Gasteiger partial charge >= 0.3 is 5.97 Å². The van der Waals surface area contributed by atoms with Crippen LogP contribution in [0, 0.1) is 0 Å². The highest BCUT2D eigenvalue weighted by Gasteiger charge is 2.21. The summed E-state index contributed by atoms with van der Waals surface area (Å²) in [5.41, 5.74) is 3.12. The Morgan fingerprint density at radius 2 is 2.03 bits per heavy atom. The number of esters is 1. The first-order valence-electron chi connectivity index (χ1n) is 12.2. The Morgan fingerprint density at radius 1 is 1.25 bits per heavy atom. The predicted octanol–water partition coefficient (Wildman–Crippen LogP) is 2.95. The van der Waals surface area contributed by atoms with Crippen molar-refractivity contribution in [3.63, 3.8) is 0 Å². The lowest BCUT2D eigenvalue weighted by molar-refractivity contribution is -0.352. The fraction of sp³-hybridized carbons (Fsp3) is 0.500. The Balaban J connectivity index is 1.83. The molecular formula is C26H40N7O3+. The maximum atomic E-state index is 12.4. The van der Waals surface area contributed by atoms with Gasteiger partial charge in [0.25, 0.3) is 0 Å². The number of carbonyl (C=O) groups is 1. The molecule has 4 N–H and O–H groups in total. The molecule has 0 aliphatic carbocycles. The van der Waals surface area contributed by atoms with Gasteiger partial charge in [0.05, 0.1) is 19.0 Å². The molecule has 2 aromatic heterocycles. The predicted molar refractivity (Wildman–Crippen MR) is 143 cm³/mol. The highest BCUT2D eigenvalue weighted by molar-refractivity contribution is 5.90. The van der Waals surface area contributed by atoms with Crippen molar-refractivity contribution in [2.45, 2.75) is 39.3 Å². The first-order valence-corrected chi connectivity index (χ1v) is 12.2. The van der Waals surface area contributed by atoms with Gasteiger partial charge in [-0.25, -0.2) is 4.98 Å². The van der Waals surface area contributed by atoms with Gasteiger partial charge in [-0.15, -0.1) is 0 Å². The van der Waals surface area contributed by atoms with Crippen molar-refractivity contribution in [1.82, 2.24) is 20.2 Å². The van der Waals surface area contributed by atoms with Gasteiger partial charge in [-0.3, -0.25) is 9.78 Å². The summed E-state index contributed by atoms with van der Waals surface area (Å²) in [7, 11) is 7.55. The number of carbonyl (C=O) groups excluding carboxylic acids is 1. The number of nitrogens with zero attached hydrogens (tertiary/aromatic N) is 3. The highest BCUT2D eigenvalue weighted by Crippen LogP contribution is 2.33. The van der Waals surface area contributed by atoms with Gasteiger partial charge in [0.15, 0.2) is 0 Å². The van der Waals surface area contributed by atoms with Gasteiger partial charge in [0, 0.05) is 24.8 Å². The minimum atomic E-state index is -0.540. The Labute approximate surface area is 213 Å². The number of likely N-dealkylation sites (N-methyl/N-ethyl adjacent to an activating group) is 1. The van der Waals surface area contributed by atoms with Crippen LogP contribution in [0.2, 0.25) is 0 Å².